The number of benzene rings is 1. The van der Waals surface area contributed by atoms with E-state index in [4.69, 9.17) is 9.47 Å². The highest BCUT2D eigenvalue weighted by Crippen LogP contribution is 2.31. The molecule has 0 bridgehead atoms. The van der Waals surface area contributed by atoms with Crippen molar-refractivity contribution in [3.8, 4) is 0 Å². The number of aliphatic hydroxyl groups is 1. The summed E-state index contributed by atoms with van der Waals surface area (Å²) in [7, 11) is 0. The lowest BCUT2D eigenvalue weighted by molar-refractivity contribution is -0.385. The Morgan fingerprint density at radius 1 is 0.926 bits per heavy atom. The van der Waals surface area contributed by atoms with Gasteiger partial charge in [-0.15, -0.1) is 0 Å². The van der Waals surface area contributed by atoms with E-state index in [-0.39, 0.29) is 11.7 Å². The number of halogens is 1. The van der Waals surface area contributed by atoms with E-state index >= 15 is 0 Å². The van der Waals surface area contributed by atoms with Crippen LogP contribution in [0.25, 0.3) is 0 Å². The summed E-state index contributed by atoms with van der Waals surface area (Å²) in [6, 6.07) is 6.74. The van der Waals surface area contributed by atoms with E-state index in [0.717, 1.165) is 37.7 Å². The molecule has 1 aromatic carbocycles. The van der Waals surface area contributed by atoms with Crippen molar-refractivity contribution in [2.75, 3.05) is 13.2 Å². The van der Waals surface area contributed by atoms with Gasteiger partial charge < -0.3 is 14.6 Å². The Kier molecular flexibility index (Phi) is 12.6. The molecule has 1 rings (SSSR count). The molecule has 156 valence electrons. The van der Waals surface area contributed by atoms with Gasteiger partial charge in [0.05, 0.1) is 0 Å². The van der Waals surface area contributed by atoms with E-state index in [2.05, 4.69) is 6.92 Å². The summed E-state index contributed by atoms with van der Waals surface area (Å²) in [5.41, 5.74) is 0.990. The first kappa shape index (κ1) is 24.1. The highest BCUT2D eigenvalue weighted by molar-refractivity contribution is 5.16. The molecule has 0 amide bonds. The van der Waals surface area contributed by atoms with Crippen LogP contribution < -0.4 is 0 Å². The maximum Gasteiger partial charge on any atom is 0.283 e. The number of rotatable bonds is 16. The SMILES string of the molecule is CCCCCCCCC(CCCc1cccc(F)c1)C(O)(OCC)OCC. The normalized spacial score (nSPS) is 13.1. The molecular weight excluding hydrogens is 343 g/mol. The zero-order valence-corrected chi connectivity index (χ0v) is 17.5. The molecule has 0 saturated carbocycles. The van der Waals surface area contributed by atoms with Crippen molar-refractivity contribution in [3.63, 3.8) is 0 Å². The standard InChI is InChI=1S/C23H39FO3/c1-4-7-8-9-10-11-16-21(23(25,26-5-2)27-6-3)17-12-14-20-15-13-18-22(24)19-20/h13,15,18-19,21,25H,4-12,14,16-17H2,1-3H3. The average Bonchev–Trinajstić information content (AvgIpc) is 2.63. The van der Waals surface area contributed by atoms with Crippen molar-refractivity contribution < 1.29 is 19.0 Å². The van der Waals surface area contributed by atoms with Crippen LogP contribution in [0.1, 0.15) is 84.1 Å². The minimum Gasteiger partial charge on any atom is -0.343 e. The Morgan fingerprint density at radius 3 is 2.19 bits per heavy atom. The second-order valence-electron chi connectivity index (χ2n) is 7.27. The minimum absolute atomic E-state index is 0.0721. The molecule has 0 fully saturated rings. The summed E-state index contributed by atoms with van der Waals surface area (Å²) in [6.07, 6.45) is 10.6. The van der Waals surface area contributed by atoms with Crippen molar-refractivity contribution in [1.82, 2.24) is 0 Å². The van der Waals surface area contributed by atoms with Crippen LogP contribution >= 0.6 is 0 Å². The first-order valence-corrected chi connectivity index (χ1v) is 10.8. The quantitative estimate of drug-likeness (QED) is 0.272. The van der Waals surface area contributed by atoms with Gasteiger partial charge in [0, 0.05) is 19.1 Å². The van der Waals surface area contributed by atoms with E-state index < -0.39 is 5.97 Å². The maximum atomic E-state index is 13.4. The molecule has 0 aliphatic heterocycles. The van der Waals surface area contributed by atoms with Gasteiger partial charge in [0.2, 0.25) is 0 Å². The molecule has 27 heavy (non-hydrogen) atoms. The lowest BCUT2D eigenvalue weighted by Gasteiger charge is -2.35. The molecule has 0 spiro atoms. The van der Waals surface area contributed by atoms with Crippen LogP contribution in [-0.4, -0.2) is 24.3 Å². The van der Waals surface area contributed by atoms with Crippen LogP contribution in [0.15, 0.2) is 24.3 Å². The van der Waals surface area contributed by atoms with E-state index in [1.54, 1.807) is 12.1 Å². The van der Waals surface area contributed by atoms with Crippen LogP contribution in [0.4, 0.5) is 4.39 Å². The fraction of sp³-hybridized carbons (Fsp3) is 0.739. The Labute approximate surface area is 165 Å². The van der Waals surface area contributed by atoms with Crippen molar-refractivity contribution in [1.29, 1.82) is 0 Å². The molecule has 4 heteroatoms. The van der Waals surface area contributed by atoms with E-state index in [1.165, 1.54) is 38.2 Å². The van der Waals surface area contributed by atoms with Crippen molar-refractivity contribution in [2.45, 2.75) is 91.0 Å². The molecule has 0 saturated heterocycles. The largest absolute Gasteiger partial charge is 0.343 e. The fourth-order valence-corrected chi connectivity index (χ4v) is 3.62. The summed E-state index contributed by atoms with van der Waals surface area (Å²) >= 11 is 0. The Hall–Kier alpha value is -0.970. The van der Waals surface area contributed by atoms with Gasteiger partial charge in [0.25, 0.3) is 5.97 Å². The van der Waals surface area contributed by atoms with Gasteiger partial charge in [-0.3, -0.25) is 0 Å². The Bertz CT molecular complexity index is 486. The highest BCUT2D eigenvalue weighted by Gasteiger charge is 2.38. The maximum absolute atomic E-state index is 13.4. The number of hydrogen-bond donors (Lipinski definition) is 1. The summed E-state index contributed by atoms with van der Waals surface area (Å²) in [6.45, 7) is 6.79. The van der Waals surface area contributed by atoms with Crippen LogP contribution in [-0.2, 0) is 15.9 Å². The predicted octanol–water partition coefficient (Wildman–Crippen LogP) is 6.23. The molecule has 1 aromatic rings. The van der Waals surface area contributed by atoms with Gasteiger partial charge >= 0.3 is 0 Å². The third-order valence-electron chi connectivity index (χ3n) is 5.03. The van der Waals surface area contributed by atoms with Crippen LogP contribution in [0.3, 0.4) is 0 Å². The average molecular weight is 383 g/mol. The Morgan fingerprint density at radius 2 is 1.56 bits per heavy atom. The molecule has 0 aliphatic carbocycles. The zero-order chi connectivity index (χ0) is 20.0. The first-order chi connectivity index (χ1) is 13.1. The summed E-state index contributed by atoms with van der Waals surface area (Å²) in [5.74, 6) is -1.79. The molecule has 0 heterocycles. The predicted molar refractivity (Wildman–Crippen MR) is 109 cm³/mol. The van der Waals surface area contributed by atoms with Gasteiger partial charge in [-0.2, -0.15) is 0 Å². The van der Waals surface area contributed by atoms with Gasteiger partial charge in [-0.05, 0) is 57.2 Å². The van der Waals surface area contributed by atoms with Gasteiger partial charge in [0.15, 0.2) is 0 Å². The first-order valence-electron chi connectivity index (χ1n) is 10.8. The fourth-order valence-electron chi connectivity index (χ4n) is 3.62. The third-order valence-corrected chi connectivity index (χ3v) is 5.03. The number of hydrogen-bond acceptors (Lipinski definition) is 3. The highest BCUT2D eigenvalue weighted by atomic mass is 19.1. The second-order valence-corrected chi connectivity index (χ2v) is 7.27. The number of unbranched alkanes of at least 4 members (excludes halogenated alkanes) is 5. The lowest BCUT2D eigenvalue weighted by Crippen LogP contribution is -2.44. The van der Waals surface area contributed by atoms with Crippen molar-refractivity contribution in [3.05, 3.63) is 35.6 Å². The van der Waals surface area contributed by atoms with Crippen LogP contribution in [0.2, 0.25) is 0 Å². The number of ether oxygens (including phenoxy) is 2. The smallest absolute Gasteiger partial charge is 0.283 e. The molecular formula is C23H39FO3. The van der Waals surface area contributed by atoms with Gasteiger partial charge in [-0.1, -0.05) is 57.6 Å². The van der Waals surface area contributed by atoms with Crippen LogP contribution in [0.5, 0.6) is 0 Å². The monoisotopic (exact) mass is 382 g/mol. The van der Waals surface area contributed by atoms with E-state index in [9.17, 15) is 9.50 Å². The van der Waals surface area contributed by atoms with Gasteiger partial charge in [-0.25, -0.2) is 4.39 Å². The van der Waals surface area contributed by atoms with E-state index in [0.29, 0.717) is 13.2 Å². The summed E-state index contributed by atoms with van der Waals surface area (Å²) < 4.78 is 24.6. The van der Waals surface area contributed by atoms with Crippen molar-refractivity contribution in [2.24, 2.45) is 5.92 Å². The lowest BCUT2D eigenvalue weighted by atomic mass is 9.91. The van der Waals surface area contributed by atoms with Crippen molar-refractivity contribution >= 4 is 0 Å². The summed E-state index contributed by atoms with van der Waals surface area (Å²) in [5, 5.41) is 10.9. The van der Waals surface area contributed by atoms with Crippen LogP contribution in [0, 0.1) is 11.7 Å². The molecule has 0 radical (unpaired) electrons. The molecule has 1 atom stereocenters. The topological polar surface area (TPSA) is 38.7 Å². The zero-order valence-electron chi connectivity index (χ0n) is 17.5. The molecule has 3 nitrogen and oxygen atoms in total. The molecule has 1 unspecified atom stereocenters. The minimum atomic E-state index is -1.52. The molecule has 0 aliphatic rings. The third kappa shape index (κ3) is 9.68. The van der Waals surface area contributed by atoms with Gasteiger partial charge in [0.1, 0.15) is 5.82 Å². The summed E-state index contributed by atoms with van der Waals surface area (Å²) in [4.78, 5) is 0. The second kappa shape index (κ2) is 14.1. The molecule has 1 N–H and O–H groups in total. The Balaban J connectivity index is 2.59. The molecule has 0 aromatic heterocycles. The van der Waals surface area contributed by atoms with E-state index in [1.807, 2.05) is 19.9 Å². The number of aryl methyl sites for hydroxylation is 1.